The van der Waals surface area contributed by atoms with E-state index in [0.29, 0.717) is 0 Å². The van der Waals surface area contributed by atoms with Gasteiger partial charge in [-0.2, -0.15) is 16.8 Å². The van der Waals surface area contributed by atoms with Gasteiger partial charge in [-0.25, -0.2) is 0 Å². The van der Waals surface area contributed by atoms with Crippen molar-refractivity contribution in [2.45, 2.75) is 88.3 Å². The van der Waals surface area contributed by atoms with Gasteiger partial charge in [0.2, 0.25) is 0 Å². The lowest BCUT2D eigenvalue weighted by Gasteiger charge is -2.22. The van der Waals surface area contributed by atoms with Crippen molar-refractivity contribution in [3.63, 3.8) is 0 Å². The average molecular weight is 598 g/mol. The smallest absolute Gasteiger partial charge is 0.295 e. The van der Waals surface area contributed by atoms with Gasteiger partial charge in [0.15, 0.2) is 0 Å². The SMILES string of the molecule is CCCCCN(CCCCC)CCCCC.Nc1ccc(C=Cc2ccc(N)cc2S(=O)(=O)O)c(S(=O)(=O)O)c1. The van der Waals surface area contributed by atoms with Gasteiger partial charge in [0, 0.05) is 11.4 Å². The van der Waals surface area contributed by atoms with Crippen LogP contribution in [0.25, 0.3) is 12.2 Å². The minimum absolute atomic E-state index is 0.0878. The van der Waals surface area contributed by atoms with E-state index in [2.05, 4.69) is 25.7 Å². The van der Waals surface area contributed by atoms with Crippen molar-refractivity contribution in [3.05, 3.63) is 47.5 Å². The Bertz CT molecular complexity index is 1170. The van der Waals surface area contributed by atoms with E-state index in [0.717, 1.165) is 12.1 Å². The Morgan fingerprint density at radius 2 is 0.950 bits per heavy atom. The van der Waals surface area contributed by atoms with Crippen LogP contribution in [0.15, 0.2) is 46.2 Å². The van der Waals surface area contributed by atoms with Crippen molar-refractivity contribution >= 4 is 43.8 Å². The number of nitrogen functional groups attached to an aromatic ring is 2. The number of anilines is 2. The molecular formula is C29H47N3O6S2. The lowest BCUT2D eigenvalue weighted by molar-refractivity contribution is 0.256. The fourth-order valence-electron chi connectivity index (χ4n) is 4.10. The molecule has 40 heavy (non-hydrogen) atoms. The number of nitrogens with two attached hydrogens (primary N) is 2. The molecular weight excluding hydrogens is 550 g/mol. The van der Waals surface area contributed by atoms with E-state index in [1.807, 2.05) is 0 Å². The van der Waals surface area contributed by atoms with Gasteiger partial charge in [0.05, 0.1) is 0 Å². The van der Waals surface area contributed by atoms with E-state index in [9.17, 15) is 25.9 Å². The molecule has 0 bridgehead atoms. The molecule has 0 spiro atoms. The second-order valence-corrected chi connectivity index (χ2v) is 12.6. The largest absolute Gasteiger partial charge is 0.399 e. The minimum Gasteiger partial charge on any atom is -0.399 e. The zero-order valence-electron chi connectivity index (χ0n) is 24.0. The van der Waals surface area contributed by atoms with Crippen LogP contribution in [0.4, 0.5) is 11.4 Å². The molecule has 9 nitrogen and oxygen atoms in total. The van der Waals surface area contributed by atoms with Gasteiger partial charge in [-0.15, -0.1) is 0 Å². The highest BCUT2D eigenvalue weighted by Crippen LogP contribution is 2.24. The van der Waals surface area contributed by atoms with Gasteiger partial charge in [0.25, 0.3) is 20.2 Å². The lowest BCUT2D eigenvalue weighted by atomic mass is 10.1. The molecule has 6 N–H and O–H groups in total. The summed E-state index contributed by atoms with van der Waals surface area (Å²) in [7, 11) is -9.05. The summed E-state index contributed by atoms with van der Waals surface area (Å²) in [6.45, 7) is 10.9. The number of hydrogen-bond donors (Lipinski definition) is 4. The molecule has 226 valence electrons. The summed E-state index contributed by atoms with van der Waals surface area (Å²) in [5.74, 6) is 0. The Kier molecular flexibility index (Phi) is 16.1. The molecule has 0 aliphatic heterocycles. The van der Waals surface area contributed by atoms with Gasteiger partial charge in [0.1, 0.15) is 9.79 Å². The Morgan fingerprint density at radius 1 is 0.625 bits per heavy atom. The molecule has 0 radical (unpaired) electrons. The first kappa shape index (κ1) is 35.6. The molecule has 2 aromatic rings. The summed E-state index contributed by atoms with van der Waals surface area (Å²) in [5, 5.41) is 0. The Labute approximate surface area is 241 Å². The molecule has 0 unspecified atom stereocenters. The van der Waals surface area contributed by atoms with Crippen LogP contribution in [0.2, 0.25) is 0 Å². The van der Waals surface area contributed by atoms with Crippen LogP contribution in [-0.2, 0) is 20.2 Å². The highest BCUT2D eigenvalue weighted by molar-refractivity contribution is 7.86. The van der Waals surface area contributed by atoms with Gasteiger partial charge in [-0.3, -0.25) is 9.11 Å². The summed E-state index contributed by atoms with van der Waals surface area (Å²) in [4.78, 5) is 1.84. The first-order valence-electron chi connectivity index (χ1n) is 14.0. The quantitative estimate of drug-likeness (QED) is 0.0744. The number of unbranched alkanes of at least 4 members (excludes halogenated alkanes) is 6. The molecule has 2 rings (SSSR count). The normalized spacial score (nSPS) is 12.1. The number of nitrogens with zero attached hydrogens (tertiary/aromatic N) is 1. The highest BCUT2D eigenvalue weighted by atomic mass is 32.2. The summed E-state index contributed by atoms with van der Waals surface area (Å²) in [6.07, 6.45) is 15.0. The van der Waals surface area contributed by atoms with E-state index in [-0.39, 0.29) is 22.5 Å². The van der Waals surface area contributed by atoms with Crippen LogP contribution in [0.3, 0.4) is 0 Å². The van der Waals surface area contributed by atoms with E-state index < -0.39 is 30.0 Å². The maximum absolute atomic E-state index is 11.4. The minimum atomic E-state index is -4.52. The highest BCUT2D eigenvalue weighted by Gasteiger charge is 2.16. The lowest BCUT2D eigenvalue weighted by Crippen LogP contribution is -2.27. The van der Waals surface area contributed by atoms with Crippen molar-refractivity contribution < 1.29 is 25.9 Å². The second-order valence-electron chi connectivity index (χ2n) is 9.84. The number of benzene rings is 2. The Balaban J connectivity index is 0.000000437. The Hall–Kier alpha value is -2.44. The van der Waals surface area contributed by atoms with E-state index in [4.69, 9.17) is 11.5 Å². The van der Waals surface area contributed by atoms with Crippen LogP contribution < -0.4 is 11.5 Å². The third kappa shape index (κ3) is 13.8. The van der Waals surface area contributed by atoms with E-state index in [1.54, 1.807) is 0 Å². The monoisotopic (exact) mass is 597 g/mol. The summed E-state index contributed by atoms with van der Waals surface area (Å²) in [5.41, 5.74) is 11.4. The van der Waals surface area contributed by atoms with Crippen molar-refractivity contribution in [3.8, 4) is 0 Å². The first-order valence-corrected chi connectivity index (χ1v) is 16.9. The van der Waals surface area contributed by atoms with Gasteiger partial charge in [-0.05, 0) is 74.3 Å². The topological polar surface area (TPSA) is 164 Å². The van der Waals surface area contributed by atoms with Crippen molar-refractivity contribution in [1.82, 2.24) is 4.90 Å². The van der Waals surface area contributed by atoms with Gasteiger partial charge >= 0.3 is 0 Å². The average Bonchev–Trinajstić information content (AvgIpc) is 2.88. The predicted octanol–water partition coefficient (Wildman–Crippen LogP) is 6.37. The van der Waals surface area contributed by atoms with Crippen LogP contribution in [0.1, 0.15) is 89.7 Å². The molecule has 0 saturated heterocycles. The van der Waals surface area contributed by atoms with Crippen LogP contribution in [0.5, 0.6) is 0 Å². The fourth-order valence-corrected chi connectivity index (χ4v) is 5.53. The van der Waals surface area contributed by atoms with Crippen LogP contribution >= 0.6 is 0 Å². The fraction of sp³-hybridized carbons (Fsp3) is 0.517. The summed E-state index contributed by atoms with van der Waals surface area (Å²) >= 11 is 0. The molecule has 0 saturated carbocycles. The summed E-state index contributed by atoms with van der Waals surface area (Å²) < 4.78 is 64.1. The molecule has 0 atom stereocenters. The molecule has 11 heteroatoms. The first-order chi connectivity index (χ1) is 18.8. The molecule has 0 amide bonds. The van der Waals surface area contributed by atoms with E-state index in [1.165, 1.54) is 114 Å². The predicted molar refractivity (Wildman–Crippen MR) is 165 cm³/mol. The Morgan fingerprint density at radius 3 is 1.23 bits per heavy atom. The summed E-state index contributed by atoms with van der Waals surface area (Å²) in [6, 6.07) is 7.67. The zero-order chi connectivity index (χ0) is 30.2. The zero-order valence-corrected chi connectivity index (χ0v) is 25.7. The van der Waals surface area contributed by atoms with Gasteiger partial charge in [-0.1, -0.05) is 83.6 Å². The third-order valence-corrected chi connectivity index (χ3v) is 8.13. The number of rotatable bonds is 16. The molecule has 0 aromatic heterocycles. The molecule has 0 heterocycles. The van der Waals surface area contributed by atoms with Crippen molar-refractivity contribution in [2.24, 2.45) is 0 Å². The number of hydrogen-bond acceptors (Lipinski definition) is 7. The second kappa shape index (κ2) is 18.1. The van der Waals surface area contributed by atoms with Crippen molar-refractivity contribution in [1.29, 1.82) is 0 Å². The molecule has 2 aromatic carbocycles. The molecule has 0 aliphatic rings. The van der Waals surface area contributed by atoms with Gasteiger partial charge < -0.3 is 16.4 Å². The van der Waals surface area contributed by atoms with Crippen LogP contribution in [0, 0.1) is 0 Å². The molecule has 0 aliphatic carbocycles. The van der Waals surface area contributed by atoms with E-state index >= 15 is 0 Å². The maximum atomic E-state index is 11.4. The van der Waals surface area contributed by atoms with Crippen molar-refractivity contribution in [2.75, 3.05) is 31.1 Å². The third-order valence-electron chi connectivity index (χ3n) is 6.31. The molecule has 0 fully saturated rings. The standard InChI is InChI=1S/C15H33N.C14H14N2O6S2/c1-4-7-10-13-16(14-11-8-5-2)15-12-9-6-3;15-11-5-3-9(13(7-11)23(17,18)19)1-2-10-4-6-12(16)8-14(10)24(20,21)22/h4-15H2,1-3H3;1-8H,15-16H2,(H,17,18,19)(H,20,21,22). The maximum Gasteiger partial charge on any atom is 0.295 e. The van der Waals surface area contributed by atoms with Crippen LogP contribution in [-0.4, -0.2) is 50.5 Å².